The first-order valence-corrected chi connectivity index (χ1v) is 13.2. The van der Waals surface area contributed by atoms with E-state index < -0.39 is 17.1 Å². The van der Waals surface area contributed by atoms with Crippen molar-refractivity contribution in [3.05, 3.63) is 64.1 Å². The van der Waals surface area contributed by atoms with Gasteiger partial charge in [0.15, 0.2) is 0 Å². The van der Waals surface area contributed by atoms with Crippen LogP contribution in [-0.2, 0) is 9.59 Å². The molecule has 4 rings (SSSR count). The van der Waals surface area contributed by atoms with E-state index in [-0.39, 0.29) is 17.0 Å². The number of benzene rings is 2. The third kappa shape index (κ3) is 5.30. The summed E-state index contributed by atoms with van der Waals surface area (Å²) in [5, 5.41) is 2.30. The number of rotatable bonds is 7. The summed E-state index contributed by atoms with van der Waals surface area (Å²) in [7, 11) is 1.60. The van der Waals surface area contributed by atoms with Crippen molar-refractivity contribution in [1.82, 2.24) is 4.90 Å². The van der Waals surface area contributed by atoms with Crippen LogP contribution >= 0.6 is 11.8 Å². The summed E-state index contributed by atoms with van der Waals surface area (Å²) in [6.45, 7) is 11.1. The Kier molecular flexibility index (Phi) is 7.50. The van der Waals surface area contributed by atoms with Crippen LogP contribution in [0.25, 0.3) is 11.6 Å². The molecule has 7 nitrogen and oxygen atoms in total. The first-order chi connectivity index (χ1) is 17.6. The Hall–Kier alpha value is -3.52. The van der Waals surface area contributed by atoms with Gasteiger partial charge in [-0.05, 0) is 75.2 Å². The van der Waals surface area contributed by atoms with E-state index in [4.69, 9.17) is 4.74 Å². The highest BCUT2D eigenvalue weighted by Gasteiger charge is 2.37. The lowest BCUT2D eigenvalue weighted by Gasteiger charge is -2.43. The monoisotopic (exact) mass is 519 g/mol. The number of aryl methyl sites for hydroxylation is 1. The van der Waals surface area contributed by atoms with Gasteiger partial charge in [0.2, 0.25) is 5.91 Å². The van der Waals surface area contributed by atoms with E-state index in [1.54, 1.807) is 19.3 Å². The molecule has 2 heterocycles. The van der Waals surface area contributed by atoms with Gasteiger partial charge in [-0.25, -0.2) is 0 Å². The average Bonchev–Trinajstić information content (AvgIpc) is 3.10. The van der Waals surface area contributed by atoms with Crippen LogP contribution < -0.4 is 15.0 Å². The molecule has 1 N–H and O–H groups in total. The van der Waals surface area contributed by atoms with Crippen molar-refractivity contribution < 1.29 is 19.1 Å². The molecule has 0 aliphatic carbocycles. The molecule has 194 valence electrons. The van der Waals surface area contributed by atoms with Crippen LogP contribution in [0.1, 0.15) is 50.8 Å². The molecule has 0 aromatic heterocycles. The molecule has 8 heteroatoms. The van der Waals surface area contributed by atoms with Gasteiger partial charge in [-0.2, -0.15) is 0 Å². The van der Waals surface area contributed by atoms with E-state index in [9.17, 15) is 14.4 Å². The first kappa shape index (κ1) is 26.5. The summed E-state index contributed by atoms with van der Waals surface area (Å²) in [6, 6.07) is 11.4. The Morgan fingerprint density at radius 3 is 2.57 bits per heavy atom. The molecule has 3 amide bonds. The highest BCUT2D eigenvalue weighted by molar-refractivity contribution is 8.18. The second kappa shape index (κ2) is 10.5. The molecule has 0 unspecified atom stereocenters. The van der Waals surface area contributed by atoms with Gasteiger partial charge < -0.3 is 15.0 Å². The highest BCUT2D eigenvalue weighted by atomic mass is 32.2. The van der Waals surface area contributed by atoms with Gasteiger partial charge in [0.25, 0.3) is 11.1 Å². The van der Waals surface area contributed by atoms with Crippen molar-refractivity contribution in [2.75, 3.05) is 30.4 Å². The number of thioether (sulfide) groups is 1. The average molecular weight is 520 g/mol. The van der Waals surface area contributed by atoms with Crippen LogP contribution in [0.2, 0.25) is 0 Å². The maximum atomic E-state index is 13.1. The van der Waals surface area contributed by atoms with E-state index >= 15 is 0 Å². The molecule has 0 saturated carbocycles. The number of imide groups is 1. The van der Waals surface area contributed by atoms with Gasteiger partial charge in [-0.1, -0.05) is 31.2 Å². The molecule has 0 radical (unpaired) electrons. The van der Waals surface area contributed by atoms with Crippen LogP contribution in [0.15, 0.2) is 47.4 Å². The first-order valence-electron chi connectivity index (χ1n) is 12.4. The van der Waals surface area contributed by atoms with Gasteiger partial charge in [0.1, 0.15) is 12.3 Å². The molecule has 37 heavy (non-hydrogen) atoms. The van der Waals surface area contributed by atoms with Crippen molar-refractivity contribution in [3.63, 3.8) is 0 Å². The molecule has 2 aromatic carbocycles. The smallest absolute Gasteiger partial charge is 0.294 e. The number of carbonyl (C=O) groups is 3. The summed E-state index contributed by atoms with van der Waals surface area (Å²) in [6.07, 6.45) is 4.94. The van der Waals surface area contributed by atoms with Crippen molar-refractivity contribution in [1.29, 1.82) is 0 Å². The fourth-order valence-electron chi connectivity index (χ4n) is 4.87. The van der Waals surface area contributed by atoms with Crippen molar-refractivity contribution in [3.8, 4) is 5.75 Å². The lowest BCUT2D eigenvalue weighted by atomic mass is 9.87. The van der Waals surface area contributed by atoms with Gasteiger partial charge in [-0.15, -0.1) is 0 Å². The fraction of sp³-hybridized carbons (Fsp3) is 0.345. The minimum absolute atomic E-state index is 0.138. The topological polar surface area (TPSA) is 79.0 Å². The maximum Gasteiger partial charge on any atom is 0.294 e. The summed E-state index contributed by atoms with van der Waals surface area (Å²) in [4.78, 5) is 42.0. The SMILES string of the molecule is CCCN1c2cc(OC)c(/C=C3/SC(=O)N(CC(=O)Nc4ccccc4C)C3=O)cc2C(C)=CC1(C)C. The Morgan fingerprint density at radius 1 is 1.16 bits per heavy atom. The standard InChI is InChI=1S/C29H33N3O4S/c1-7-12-32-23-15-24(36-6)20(13-21(23)19(3)16-29(32,4)5)14-25-27(34)31(28(35)37-25)17-26(33)30-22-11-9-8-10-18(22)2/h8-11,13-16H,7,12,17H2,1-6H3,(H,30,33)/b25-14+. The summed E-state index contributed by atoms with van der Waals surface area (Å²) >= 11 is 0.832. The number of carbonyl (C=O) groups excluding carboxylic acids is 3. The molecular weight excluding hydrogens is 486 g/mol. The van der Waals surface area contributed by atoms with Crippen LogP contribution in [0.4, 0.5) is 16.2 Å². The zero-order valence-electron chi connectivity index (χ0n) is 22.2. The number of methoxy groups -OCH3 is 1. The normalized spacial score (nSPS) is 17.7. The minimum atomic E-state index is -0.490. The number of nitrogens with zero attached hydrogens (tertiary/aromatic N) is 2. The van der Waals surface area contributed by atoms with Crippen LogP contribution in [0.5, 0.6) is 5.75 Å². The lowest BCUT2D eigenvalue weighted by Crippen LogP contribution is -2.45. The Labute approximate surface area is 222 Å². The number of para-hydroxylation sites is 1. The molecule has 2 aliphatic heterocycles. The zero-order valence-corrected chi connectivity index (χ0v) is 23.0. The number of hydrogen-bond acceptors (Lipinski definition) is 6. The quantitative estimate of drug-likeness (QED) is 0.446. The molecule has 2 aliphatic rings. The van der Waals surface area contributed by atoms with Crippen LogP contribution in [0, 0.1) is 6.92 Å². The number of nitrogens with one attached hydrogen (secondary N) is 1. The number of anilines is 2. The van der Waals surface area contributed by atoms with Crippen LogP contribution in [-0.4, -0.2) is 47.7 Å². The van der Waals surface area contributed by atoms with Crippen molar-refractivity contribution in [2.45, 2.75) is 46.6 Å². The molecule has 0 atom stereocenters. The second-order valence-corrected chi connectivity index (χ2v) is 10.9. The number of fused-ring (bicyclic) bond motifs is 1. The second-order valence-electron chi connectivity index (χ2n) is 9.87. The predicted molar refractivity (Wildman–Crippen MR) is 151 cm³/mol. The van der Waals surface area contributed by atoms with E-state index in [0.29, 0.717) is 17.0 Å². The van der Waals surface area contributed by atoms with Gasteiger partial charge >= 0.3 is 0 Å². The van der Waals surface area contributed by atoms with Gasteiger partial charge in [0, 0.05) is 35.1 Å². The fourth-order valence-corrected chi connectivity index (χ4v) is 5.70. The molecular formula is C29H33N3O4S. The molecule has 2 aromatic rings. The Morgan fingerprint density at radius 2 is 1.89 bits per heavy atom. The number of allylic oxidation sites excluding steroid dienone is 1. The minimum Gasteiger partial charge on any atom is -0.496 e. The largest absolute Gasteiger partial charge is 0.496 e. The number of ether oxygens (including phenoxy) is 1. The summed E-state index contributed by atoms with van der Waals surface area (Å²) in [5.74, 6) is -0.297. The summed E-state index contributed by atoms with van der Waals surface area (Å²) in [5.41, 5.74) is 5.41. The van der Waals surface area contributed by atoms with E-state index in [0.717, 1.165) is 52.0 Å². The molecule has 1 saturated heterocycles. The van der Waals surface area contributed by atoms with Gasteiger partial charge in [0.05, 0.1) is 17.6 Å². The van der Waals surface area contributed by atoms with E-state index in [1.807, 2.05) is 37.3 Å². The van der Waals surface area contributed by atoms with Crippen molar-refractivity contribution >= 4 is 51.8 Å². The maximum absolute atomic E-state index is 13.1. The number of amides is 3. The van der Waals surface area contributed by atoms with Crippen molar-refractivity contribution in [2.24, 2.45) is 0 Å². The summed E-state index contributed by atoms with van der Waals surface area (Å²) < 4.78 is 5.71. The van der Waals surface area contributed by atoms with Crippen LogP contribution in [0.3, 0.4) is 0 Å². The molecule has 1 fully saturated rings. The predicted octanol–water partition coefficient (Wildman–Crippen LogP) is 6.09. The van der Waals surface area contributed by atoms with E-state index in [1.165, 1.54) is 0 Å². The molecule has 0 bridgehead atoms. The molecule has 0 spiro atoms. The third-order valence-corrected chi connectivity index (χ3v) is 7.56. The lowest BCUT2D eigenvalue weighted by molar-refractivity contribution is -0.127. The number of hydrogen-bond donors (Lipinski definition) is 1. The third-order valence-electron chi connectivity index (χ3n) is 6.66. The van der Waals surface area contributed by atoms with Gasteiger partial charge in [-0.3, -0.25) is 19.3 Å². The Bertz CT molecular complexity index is 1330. The highest BCUT2D eigenvalue weighted by Crippen LogP contribution is 2.43. The Balaban J connectivity index is 1.61. The zero-order chi connectivity index (χ0) is 26.9. The van der Waals surface area contributed by atoms with E-state index in [2.05, 4.69) is 44.0 Å².